The Bertz CT molecular complexity index is 965. The zero-order valence-corrected chi connectivity index (χ0v) is 20.9. The monoisotopic (exact) mass is 488 g/mol. The minimum Gasteiger partial charge on any atom is -0.478 e. The molecule has 7 atom stereocenters. The summed E-state index contributed by atoms with van der Waals surface area (Å²) in [6.07, 6.45) is 9.82. The number of aliphatic carboxylic acids is 1. The third-order valence-corrected chi connectivity index (χ3v) is 10.2. The van der Waals surface area contributed by atoms with Crippen molar-refractivity contribution in [2.75, 3.05) is 47.0 Å². The molecule has 0 radical (unpaired) electrons. The number of aliphatic hydroxyl groups is 2. The molecule has 0 aromatic rings. The minimum atomic E-state index is -1.51. The summed E-state index contributed by atoms with van der Waals surface area (Å²) in [7, 11) is 3.23. The Hall–Kier alpha value is -1.94. The SMILES string of the molecule is CN=C(N)N1C=C[C@H](CNCCO)[C@@]2(C1)[C@@H]1CC[C@H]3CCC[C@H]4[C@@]32C(=C(C(=O)O)[C@]4(O)COC)C1. The van der Waals surface area contributed by atoms with E-state index in [0.29, 0.717) is 37.9 Å². The number of aliphatic hydroxyl groups excluding tert-OH is 1. The molecule has 5 aliphatic rings. The second-order valence-corrected chi connectivity index (χ2v) is 11.2. The molecule has 0 unspecified atom stereocenters. The summed E-state index contributed by atoms with van der Waals surface area (Å²) < 4.78 is 5.51. The lowest BCUT2D eigenvalue weighted by Gasteiger charge is -2.65. The Kier molecular flexibility index (Phi) is 6.27. The summed E-state index contributed by atoms with van der Waals surface area (Å²) in [4.78, 5) is 19.1. The maximum absolute atomic E-state index is 12.8. The van der Waals surface area contributed by atoms with E-state index in [2.05, 4.69) is 16.4 Å². The zero-order chi connectivity index (χ0) is 25.0. The van der Waals surface area contributed by atoms with Crippen LogP contribution in [0.15, 0.2) is 28.4 Å². The van der Waals surface area contributed by atoms with E-state index < -0.39 is 17.0 Å². The first-order valence-electron chi connectivity index (χ1n) is 13.0. The van der Waals surface area contributed by atoms with Gasteiger partial charge in [-0.25, -0.2) is 4.79 Å². The molecule has 194 valence electrons. The van der Waals surface area contributed by atoms with E-state index in [4.69, 9.17) is 10.5 Å². The van der Waals surface area contributed by atoms with E-state index in [9.17, 15) is 20.1 Å². The molecule has 3 fully saturated rings. The highest BCUT2D eigenvalue weighted by atomic mass is 16.5. The molecule has 35 heavy (non-hydrogen) atoms. The van der Waals surface area contributed by atoms with Gasteiger partial charge in [0.2, 0.25) is 0 Å². The van der Waals surface area contributed by atoms with Crippen molar-refractivity contribution in [3.8, 4) is 0 Å². The number of nitrogens with zero attached hydrogens (tertiary/aromatic N) is 2. The number of allylic oxidation sites excluding steroid dienone is 1. The molecule has 0 amide bonds. The van der Waals surface area contributed by atoms with Gasteiger partial charge in [-0.15, -0.1) is 0 Å². The van der Waals surface area contributed by atoms with E-state index in [0.717, 1.165) is 37.7 Å². The van der Waals surface area contributed by atoms with Crippen molar-refractivity contribution in [3.63, 3.8) is 0 Å². The van der Waals surface area contributed by atoms with Gasteiger partial charge < -0.3 is 36.0 Å². The molecule has 0 saturated heterocycles. The van der Waals surface area contributed by atoms with Gasteiger partial charge in [0, 0.05) is 56.7 Å². The summed E-state index contributed by atoms with van der Waals surface area (Å²) in [5.41, 5.74) is 5.26. The van der Waals surface area contributed by atoms with Crippen LogP contribution in [0.4, 0.5) is 0 Å². The topological polar surface area (TPSA) is 141 Å². The number of nitrogens with two attached hydrogens (primary N) is 1. The van der Waals surface area contributed by atoms with Crippen molar-refractivity contribution in [2.45, 2.75) is 44.1 Å². The maximum Gasteiger partial charge on any atom is 0.334 e. The number of carboxylic acids is 1. The highest BCUT2D eigenvalue weighted by molar-refractivity contribution is 5.92. The van der Waals surface area contributed by atoms with Crippen LogP contribution in [-0.4, -0.2) is 84.8 Å². The Morgan fingerprint density at radius 1 is 1.31 bits per heavy atom. The van der Waals surface area contributed by atoms with Crippen LogP contribution >= 0.6 is 0 Å². The number of hydrogen-bond donors (Lipinski definition) is 5. The summed E-state index contributed by atoms with van der Waals surface area (Å²) >= 11 is 0. The van der Waals surface area contributed by atoms with E-state index in [1.54, 1.807) is 14.2 Å². The third-order valence-electron chi connectivity index (χ3n) is 10.2. The molecule has 1 heterocycles. The van der Waals surface area contributed by atoms with Crippen molar-refractivity contribution in [1.29, 1.82) is 0 Å². The second kappa shape index (κ2) is 8.87. The normalized spacial score (nSPS) is 42.2. The maximum atomic E-state index is 12.8. The van der Waals surface area contributed by atoms with Gasteiger partial charge in [-0.3, -0.25) is 4.99 Å². The quantitative estimate of drug-likeness (QED) is 0.203. The molecule has 4 aliphatic carbocycles. The lowest BCUT2D eigenvalue weighted by atomic mass is 9.40. The average molecular weight is 489 g/mol. The molecule has 2 spiro atoms. The molecule has 9 nitrogen and oxygen atoms in total. The van der Waals surface area contributed by atoms with Gasteiger partial charge in [0.15, 0.2) is 5.96 Å². The van der Waals surface area contributed by atoms with Gasteiger partial charge in [0.25, 0.3) is 0 Å². The van der Waals surface area contributed by atoms with Crippen molar-refractivity contribution in [2.24, 2.45) is 45.2 Å². The smallest absolute Gasteiger partial charge is 0.334 e. The molecule has 1 aliphatic heterocycles. The number of guanidine groups is 1. The first-order chi connectivity index (χ1) is 16.8. The fourth-order valence-electron chi connectivity index (χ4n) is 9.46. The van der Waals surface area contributed by atoms with Crippen molar-refractivity contribution < 1.29 is 24.9 Å². The lowest BCUT2D eigenvalue weighted by Crippen LogP contribution is -2.67. The standard InChI is InChI=1S/C26H40N4O5/c1-28-23(27)30-10-8-18(13-29-9-11-31)24(14-30)17-7-6-16-4-3-5-20-25(34,15-35-2)21(22(32)33)19(12-17)26(16,20)24/h8,10,16-18,20,29,31,34H,3-7,9,11-15H2,1-2H3,(H2,27,28)(H,32,33)/t16-,17-,18-,20-,24-,25+,26+/m1/s1. The van der Waals surface area contributed by atoms with E-state index in [1.165, 1.54) is 0 Å². The average Bonchev–Trinajstić information content (AvgIpc) is 3.12. The van der Waals surface area contributed by atoms with Crippen LogP contribution in [-0.2, 0) is 9.53 Å². The van der Waals surface area contributed by atoms with Crippen LogP contribution in [0.5, 0.6) is 0 Å². The Balaban J connectivity index is 1.76. The molecular weight excluding hydrogens is 448 g/mol. The highest BCUT2D eigenvalue weighted by Crippen LogP contribution is 2.81. The number of nitrogens with one attached hydrogen (secondary N) is 1. The van der Waals surface area contributed by atoms with Gasteiger partial charge in [0.05, 0.1) is 18.8 Å². The van der Waals surface area contributed by atoms with Crippen molar-refractivity contribution >= 4 is 11.9 Å². The number of carbonyl (C=O) groups is 1. The Labute approximate surface area is 207 Å². The molecule has 0 aromatic heterocycles. The fraction of sp³-hybridized carbons (Fsp3) is 0.769. The largest absolute Gasteiger partial charge is 0.478 e. The van der Waals surface area contributed by atoms with E-state index >= 15 is 0 Å². The first kappa shape index (κ1) is 24.7. The van der Waals surface area contributed by atoms with Crippen molar-refractivity contribution in [3.05, 3.63) is 23.4 Å². The lowest BCUT2D eigenvalue weighted by molar-refractivity contribution is -0.181. The molecule has 5 rings (SSSR count). The van der Waals surface area contributed by atoms with Gasteiger partial charge in [-0.2, -0.15) is 0 Å². The zero-order valence-electron chi connectivity index (χ0n) is 20.9. The second-order valence-electron chi connectivity index (χ2n) is 11.2. The van der Waals surface area contributed by atoms with Gasteiger partial charge in [-0.05, 0) is 55.4 Å². The molecule has 0 aromatic carbocycles. The first-order valence-corrected chi connectivity index (χ1v) is 13.0. The number of rotatable bonds is 7. The molecular formula is C26H40N4O5. The number of methoxy groups -OCH3 is 1. The summed E-state index contributed by atoms with van der Waals surface area (Å²) in [6, 6.07) is 0. The van der Waals surface area contributed by atoms with Crippen LogP contribution in [0.3, 0.4) is 0 Å². The van der Waals surface area contributed by atoms with Crippen LogP contribution in [0, 0.1) is 34.5 Å². The van der Waals surface area contributed by atoms with Gasteiger partial charge in [-0.1, -0.05) is 12.5 Å². The van der Waals surface area contributed by atoms with Gasteiger partial charge >= 0.3 is 5.97 Å². The minimum absolute atomic E-state index is 0.0104. The van der Waals surface area contributed by atoms with Crippen LogP contribution in [0.1, 0.15) is 38.5 Å². The highest BCUT2D eigenvalue weighted by Gasteiger charge is 2.79. The van der Waals surface area contributed by atoms with Crippen LogP contribution in [0.2, 0.25) is 0 Å². The van der Waals surface area contributed by atoms with Crippen molar-refractivity contribution in [1.82, 2.24) is 10.2 Å². The number of aliphatic imine (C=N–C) groups is 1. The van der Waals surface area contributed by atoms with E-state index in [1.807, 2.05) is 11.1 Å². The third kappa shape index (κ3) is 3.08. The number of hydrogen-bond acceptors (Lipinski definition) is 6. The predicted molar refractivity (Wildman–Crippen MR) is 131 cm³/mol. The van der Waals surface area contributed by atoms with Crippen LogP contribution in [0.25, 0.3) is 0 Å². The van der Waals surface area contributed by atoms with E-state index in [-0.39, 0.29) is 42.0 Å². The number of carboxylic acid groups (broad SMARTS) is 1. The molecule has 6 N–H and O–H groups in total. The molecule has 9 heteroatoms. The summed E-state index contributed by atoms with van der Waals surface area (Å²) in [5, 5.41) is 35.5. The molecule has 3 saturated carbocycles. The fourth-order valence-corrected chi connectivity index (χ4v) is 9.46. The summed E-state index contributed by atoms with van der Waals surface area (Å²) in [5.74, 6) is -0.0763. The van der Waals surface area contributed by atoms with Crippen LogP contribution < -0.4 is 11.1 Å². The summed E-state index contributed by atoms with van der Waals surface area (Å²) in [6.45, 7) is 1.89. The predicted octanol–water partition coefficient (Wildman–Crippen LogP) is 0.933. The Morgan fingerprint density at radius 2 is 2.09 bits per heavy atom. The number of ether oxygens (including phenoxy) is 1. The Morgan fingerprint density at radius 3 is 2.77 bits per heavy atom. The molecule has 2 bridgehead atoms. The van der Waals surface area contributed by atoms with Gasteiger partial charge in [0.1, 0.15) is 5.60 Å².